The molecule has 1 aliphatic heterocycles. The molecule has 3 heteroatoms. The van der Waals surface area contributed by atoms with E-state index in [4.69, 9.17) is 0 Å². The maximum Gasteiger partial charge on any atom is 0.101 e. The number of rotatable bonds is 0. The molecular formula is C21H21N2P. The molecule has 1 aliphatic carbocycles. The lowest BCUT2D eigenvalue weighted by atomic mass is 9.87. The third kappa shape index (κ3) is 2.43. The Hall–Kier alpha value is -2.15. The molecule has 0 saturated heterocycles. The van der Waals surface area contributed by atoms with Crippen LogP contribution >= 0.6 is 8.20 Å². The van der Waals surface area contributed by atoms with Gasteiger partial charge in [-0.1, -0.05) is 49.7 Å². The zero-order valence-corrected chi connectivity index (χ0v) is 16.0. The highest BCUT2D eigenvalue weighted by Gasteiger charge is 2.27. The van der Waals surface area contributed by atoms with E-state index in [9.17, 15) is 10.5 Å². The number of benzene rings is 1. The van der Waals surface area contributed by atoms with Crippen LogP contribution in [0.3, 0.4) is 0 Å². The van der Waals surface area contributed by atoms with Gasteiger partial charge in [-0.2, -0.15) is 10.5 Å². The molecule has 0 fully saturated rings. The van der Waals surface area contributed by atoms with Crippen molar-refractivity contribution < 1.29 is 0 Å². The fourth-order valence-electron chi connectivity index (χ4n) is 3.04. The van der Waals surface area contributed by atoms with Gasteiger partial charge in [-0.15, -0.1) is 0 Å². The maximum absolute atomic E-state index is 9.80. The Labute approximate surface area is 145 Å². The number of hydrogen-bond acceptors (Lipinski definition) is 2. The third-order valence-corrected chi connectivity index (χ3v) is 6.29. The summed E-state index contributed by atoms with van der Waals surface area (Å²) in [5, 5.41) is 23.7. The van der Waals surface area contributed by atoms with Gasteiger partial charge in [0, 0.05) is 21.3 Å². The summed E-state index contributed by atoms with van der Waals surface area (Å²) in [4.78, 5) is 0. The van der Waals surface area contributed by atoms with Crippen LogP contribution < -0.4 is 15.7 Å². The van der Waals surface area contributed by atoms with Crippen LogP contribution in [0.1, 0.15) is 58.2 Å². The van der Waals surface area contributed by atoms with Crippen LogP contribution in [0.5, 0.6) is 0 Å². The summed E-state index contributed by atoms with van der Waals surface area (Å²) >= 11 is 0. The van der Waals surface area contributed by atoms with Crippen molar-refractivity contribution in [3.05, 3.63) is 32.7 Å². The van der Waals surface area contributed by atoms with Crippen LogP contribution in [0.4, 0.5) is 0 Å². The molecule has 1 aromatic rings. The lowest BCUT2D eigenvalue weighted by molar-refractivity contribution is 0.527. The number of hydrogen-bond donors (Lipinski definition) is 0. The molecule has 1 heterocycles. The fourth-order valence-corrected chi connectivity index (χ4v) is 4.39. The van der Waals surface area contributed by atoms with Gasteiger partial charge in [0.2, 0.25) is 0 Å². The van der Waals surface area contributed by atoms with E-state index in [1.54, 1.807) is 0 Å². The van der Waals surface area contributed by atoms with E-state index in [1.165, 1.54) is 10.9 Å². The molecule has 0 radical (unpaired) electrons. The summed E-state index contributed by atoms with van der Waals surface area (Å²) in [6, 6.07) is 4.81. The van der Waals surface area contributed by atoms with E-state index in [0.29, 0.717) is 5.56 Å². The standard InChI is InChI=1S/C21H21N2P/c1-20(2,3)12-7-13-14(8-12)17(11-23)19-15(16(13)10-22)9-18(24-19)21(4,5)6/h7-9H,1-6H3. The molecule has 120 valence electrons. The van der Waals surface area contributed by atoms with E-state index in [0.717, 1.165) is 35.1 Å². The van der Waals surface area contributed by atoms with E-state index in [1.807, 2.05) is 0 Å². The molecule has 2 aliphatic rings. The fraction of sp³-hybridized carbons (Fsp3) is 0.381. The zero-order valence-electron chi connectivity index (χ0n) is 15.1. The third-order valence-electron chi connectivity index (χ3n) is 4.56. The Kier molecular flexibility index (Phi) is 3.60. The van der Waals surface area contributed by atoms with Gasteiger partial charge in [-0.05, 0) is 39.9 Å². The highest BCUT2D eigenvalue weighted by molar-refractivity contribution is 7.51. The van der Waals surface area contributed by atoms with Crippen LogP contribution in [0.2, 0.25) is 0 Å². The predicted molar refractivity (Wildman–Crippen MR) is 103 cm³/mol. The Morgan fingerprint density at radius 2 is 1.42 bits per heavy atom. The van der Waals surface area contributed by atoms with Crippen molar-refractivity contribution in [1.29, 1.82) is 10.5 Å². The lowest BCUT2D eigenvalue weighted by Gasteiger charge is -2.18. The van der Waals surface area contributed by atoms with Gasteiger partial charge in [0.25, 0.3) is 0 Å². The van der Waals surface area contributed by atoms with E-state index < -0.39 is 0 Å². The topological polar surface area (TPSA) is 47.6 Å². The van der Waals surface area contributed by atoms with Crippen molar-refractivity contribution in [3.8, 4) is 12.1 Å². The molecule has 0 atom stereocenters. The number of nitriles is 2. The summed E-state index contributed by atoms with van der Waals surface area (Å²) in [5.41, 5.74) is 3.55. The van der Waals surface area contributed by atoms with Gasteiger partial charge < -0.3 is 0 Å². The van der Waals surface area contributed by atoms with Crippen LogP contribution in [-0.4, -0.2) is 5.29 Å². The quantitative estimate of drug-likeness (QED) is 0.685. The summed E-state index contributed by atoms with van der Waals surface area (Å²) in [5.74, 6) is 0. The molecule has 0 saturated carbocycles. The molecule has 0 aromatic heterocycles. The molecule has 0 N–H and O–H groups in total. The van der Waals surface area contributed by atoms with Crippen molar-refractivity contribution in [3.63, 3.8) is 0 Å². The second-order valence-electron chi connectivity index (χ2n) is 8.45. The molecule has 0 bridgehead atoms. The van der Waals surface area contributed by atoms with Gasteiger partial charge in [0.15, 0.2) is 0 Å². The summed E-state index contributed by atoms with van der Waals surface area (Å²) < 4.78 is 0. The van der Waals surface area contributed by atoms with Gasteiger partial charge in [-0.25, -0.2) is 0 Å². The number of allylic oxidation sites excluding steroid dienone is 1. The Morgan fingerprint density at radius 3 is 1.92 bits per heavy atom. The summed E-state index contributed by atoms with van der Waals surface area (Å²) in [6.07, 6.45) is 6.31. The molecule has 0 amide bonds. The maximum atomic E-state index is 9.80. The van der Waals surface area contributed by atoms with Gasteiger partial charge in [-0.3, -0.25) is 0 Å². The average molecular weight is 332 g/mol. The monoisotopic (exact) mass is 332 g/mol. The minimum Gasteiger partial charge on any atom is -0.192 e. The van der Waals surface area contributed by atoms with Crippen molar-refractivity contribution in [2.45, 2.75) is 41.5 Å². The second kappa shape index (κ2) is 5.17. The molecular weight excluding hydrogens is 311 g/mol. The van der Waals surface area contributed by atoms with Crippen LogP contribution in [0, 0.1) is 33.5 Å². The average Bonchev–Trinajstić information content (AvgIpc) is 3.07. The minimum absolute atomic E-state index is 0.00691. The smallest absolute Gasteiger partial charge is 0.101 e. The van der Waals surface area contributed by atoms with Crippen LogP contribution in [0.15, 0.2) is 5.57 Å². The largest absolute Gasteiger partial charge is 0.192 e. The van der Waals surface area contributed by atoms with E-state index >= 15 is 0 Å². The molecule has 3 rings (SSSR count). The van der Waals surface area contributed by atoms with Crippen molar-refractivity contribution >= 4 is 37.0 Å². The van der Waals surface area contributed by atoms with Crippen molar-refractivity contribution in [2.75, 3.05) is 0 Å². The lowest BCUT2D eigenvalue weighted by Crippen LogP contribution is -2.32. The highest BCUT2D eigenvalue weighted by Crippen LogP contribution is 2.32. The Bertz CT molecular complexity index is 939. The highest BCUT2D eigenvalue weighted by atomic mass is 31.1. The summed E-state index contributed by atoms with van der Waals surface area (Å²) in [7, 11) is 1.06. The SMILES string of the molecule is CC(C)(C)C1=Cc2c(C#N)c3c(c(C#N)c2=C1)P=C(C(C)(C)C)C=3. The Balaban J connectivity index is 2.41. The van der Waals surface area contributed by atoms with Crippen LogP contribution in [0.25, 0.3) is 18.2 Å². The molecule has 2 nitrogen and oxygen atoms in total. The van der Waals surface area contributed by atoms with Crippen molar-refractivity contribution in [2.24, 2.45) is 10.8 Å². The molecule has 0 unspecified atom stereocenters. The van der Waals surface area contributed by atoms with Crippen LogP contribution in [-0.2, 0) is 0 Å². The predicted octanol–water partition coefficient (Wildman–Crippen LogP) is 3.24. The summed E-state index contributed by atoms with van der Waals surface area (Å²) in [6.45, 7) is 13.0. The Morgan fingerprint density at radius 1 is 0.792 bits per heavy atom. The molecule has 0 spiro atoms. The second-order valence-corrected chi connectivity index (χ2v) is 9.60. The van der Waals surface area contributed by atoms with Gasteiger partial charge >= 0.3 is 0 Å². The zero-order chi connectivity index (χ0) is 17.9. The first kappa shape index (κ1) is 16.7. The van der Waals surface area contributed by atoms with Gasteiger partial charge in [0.05, 0.1) is 11.1 Å². The van der Waals surface area contributed by atoms with E-state index in [2.05, 4.69) is 71.9 Å². The minimum atomic E-state index is -0.00691. The van der Waals surface area contributed by atoms with Crippen molar-refractivity contribution in [1.82, 2.24) is 0 Å². The number of nitrogens with zero attached hydrogens (tertiary/aromatic N) is 2. The van der Waals surface area contributed by atoms with Gasteiger partial charge in [0.1, 0.15) is 12.1 Å². The van der Waals surface area contributed by atoms with E-state index in [-0.39, 0.29) is 10.8 Å². The molecule has 24 heavy (non-hydrogen) atoms. The first-order valence-corrected chi connectivity index (χ1v) is 9.02. The first-order chi connectivity index (χ1) is 11.1. The molecule has 1 aromatic carbocycles. The first-order valence-electron chi connectivity index (χ1n) is 8.13. The normalized spacial score (nSPS) is 16.0. The number of fused-ring (bicyclic) bond motifs is 2.